The van der Waals surface area contributed by atoms with Gasteiger partial charge in [-0.3, -0.25) is 9.59 Å². The summed E-state index contributed by atoms with van der Waals surface area (Å²) in [6.07, 6.45) is 4.50. The molecule has 8 heteroatoms. The van der Waals surface area contributed by atoms with E-state index in [1.807, 2.05) is 30.3 Å². The number of hydrogen-bond donors (Lipinski definition) is 2. The van der Waals surface area contributed by atoms with Gasteiger partial charge in [-0.25, -0.2) is 4.79 Å². The minimum atomic E-state index is -0.819. The normalized spacial score (nSPS) is 18.9. The molecule has 2 aromatic carbocycles. The van der Waals surface area contributed by atoms with Gasteiger partial charge in [0.15, 0.2) is 0 Å². The standard InChI is InChI=1S/C26H28N4O4/c27-15-18-11-13-20(14-12-18)23(24(31)28-21-9-5-2-6-10-21)30-16-22(25(30)32)29-26(33)34-17-19-7-3-1-4-8-19/h1,3-4,7-8,11-14,21-23H,2,5-6,9-10,16-17H2,(H,28,31)(H,29,33). The molecule has 2 atom stereocenters. The first-order valence-electron chi connectivity index (χ1n) is 11.6. The summed E-state index contributed by atoms with van der Waals surface area (Å²) in [7, 11) is 0. The Kier molecular flexibility index (Phi) is 7.43. The highest BCUT2D eigenvalue weighted by atomic mass is 16.5. The number of nitriles is 1. The molecule has 1 heterocycles. The third-order valence-electron chi connectivity index (χ3n) is 6.33. The second-order valence-corrected chi connectivity index (χ2v) is 8.73. The number of likely N-dealkylation sites (tertiary alicyclic amines) is 1. The molecule has 0 aromatic heterocycles. The van der Waals surface area contributed by atoms with E-state index in [9.17, 15) is 14.4 Å². The van der Waals surface area contributed by atoms with E-state index in [1.165, 1.54) is 11.3 Å². The molecule has 0 spiro atoms. The quantitative estimate of drug-likeness (QED) is 0.617. The Balaban J connectivity index is 1.39. The Bertz CT molecular complexity index is 1060. The maximum Gasteiger partial charge on any atom is 0.408 e. The van der Waals surface area contributed by atoms with Crippen LogP contribution in [0.15, 0.2) is 54.6 Å². The van der Waals surface area contributed by atoms with Crippen LogP contribution in [0.5, 0.6) is 0 Å². The fraction of sp³-hybridized carbons (Fsp3) is 0.385. The van der Waals surface area contributed by atoms with Crippen molar-refractivity contribution in [3.05, 3.63) is 71.3 Å². The highest BCUT2D eigenvalue weighted by Crippen LogP contribution is 2.29. The molecule has 2 aromatic rings. The summed E-state index contributed by atoms with van der Waals surface area (Å²) in [5, 5.41) is 14.8. The molecule has 3 amide bonds. The molecule has 0 bridgehead atoms. The van der Waals surface area contributed by atoms with Crippen molar-refractivity contribution in [1.29, 1.82) is 5.26 Å². The van der Waals surface area contributed by atoms with Gasteiger partial charge in [0.1, 0.15) is 18.7 Å². The first-order chi connectivity index (χ1) is 16.5. The molecule has 176 valence electrons. The van der Waals surface area contributed by atoms with Crippen LogP contribution in [0.2, 0.25) is 0 Å². The van der Waals surface area contributed by atoms with Gasteiger partial charge in [-0.15, -0.1) is 0 Å². The van der Waals surface area contributed by atoms with Crippen LogP contribution < -0.4 is 10.6 Å². The van der Waals surface area contributed by atoms with Crippen molar-refractivity contribution in [3.63, 3.8) is 0 Å². The number of carbonyl (C=O) groups is 3. The van der Waals surface area contributed by atoms with Gasteiger partial charge in [-0.2, -0.15) is 5.26 Å². The van der Waals surface area contributed by atoms with Gasteiger partial charge in [0.2, 0.25) is 11.8 Å². The first-order valence-corrected chi connectivity index (χ1v) is 11.6. The van der Waals surface area contributed by atoms with Crippen molar-refractivity contribution in [2.24, 2.45) is 0 Å². The average molecular weight is 461 g/mol. The zero-order chi connectivity index (χ0) is 23.9. The Morgan fingerprint density at radius 3 is 2.38 bits per heavy atom. The Morgan fingerprint density at radius 1 is 1.03 bits per heavy atom. The predicted molar refractivity (Wildman–Crippen MR) is 124 cm³/mol. The van der Waals surface area contributed by atoms with E-state index in [0.29, 0.717) is 11.1 Å². The third-order valence-corrected chi connectivity index (χ3v) is 6.33. The Labute approximate surface area is 198 Å². The zero-order valence-electron chi connectivity index (χ0n) is 18.9. The fourth-order valence-electron chi connectivity index (χ4n) is 4.44. The molecule has 2 fully saturated rings. The molecule has 2 aliphatic rings. The SMILES string of the molecule is N#Cc1ccc(C(C(=O)NC2CCCCC2)N2CC(NC(=O)OCc3ccccc3)C2=O)cc1. The maximum atomic E-state index is 13.3. The van der Waals surface area contributed by atoms with E-state index in [2.05, 4.69) is 16.7 Å². The number of amides is 3. The van der Waals surface area contributed by atoms with Crippen molar-refractivity contribution >= 4 is 17.9 Å². The second kappa shape index (κ2) is 10.8. The van der Waals surface area contributed by atoms with Crippen LogP contribution in [0.3, 0.4) is 0 Å². The number of β-lactam (4-membered cyclic amide) rings is 1. The smallest absolute Gasteiger partial charge is 0.408 e. The second-order valence-electron chi connectivity index (χ2n) is 8.73. The summed E-state index contributed by atoms with van der Waals surface area (Å²) in [5.74, 6) is -0.583. The molecule has 1 saturated carbocycles. The summed E-state index contributed by atoms with van der Waals surface area (Å²) < 4.78 is 5.21. The largest absolute Gasteiger partial charge is 0.445 e. The molecule has 2 unspecified atom stereocenters. The molecule has 2 N–H and O–H groups in total. The topological polar surface area (TPSA) is 112 Å². The van der Waals surface area contributed by atoms with E-state index in [4.69, 9.17) is 10.00 Å². The average Bonchev–Trinajstić information content (AvgIpc) is 2.88. The number of nitrogens with one attached hydrogen (secondary N) is 2. The lowest BCUT2D eigenvalue weighted by atomic mass is 9.93. The molecule has 1 saturated heterocycles. The summed E-state index contributed by atoms with van der Waals surface area (Å²) in [6.45, 7) is 0.303. The lowest BCUT2D eigenvalue weighted by Crippen LogP contribution is -2.66. The summed E-state index contributed by atoms with van der Waals surface area (Å²) in [4.78, 5) is 39.8. The number of benzene rings is 2. The van der Waals surface area contributed by atoms with Crippen LogP contribution >= 0.6 is 0 Å². The monoisotopic (exact) mass is 460 g/mol. The van der Waals surface area contributed by atoms with E-state index in [-0.39, 0.29) is 31.0 Å². The first kappa shape index (κ1) is 23.3. The number of alkyl carbamates (subject to hydrolysis) is 1. The predicted octanol–water partition coefficient (Wildman–Crippen LogP) is 3.19. The number of ether oxygens (including phenoxy) is 1. The minimum absolute atomic E-state index is 0.0976. The van der Waals surface area contributed by atoms with Gasteiger partial charge < -0.3 is 20.3 Å². The van der Waals surface area contributed by atoms with Gasteiger partial charge in [-0.05, 0) is 36.1 Å². The Hall–Kier alpha value is -3.86. The van der Waals surface area contributed by atoms with Crippen LogP contribution in [-0.2, 0) is 20.9 Å². The van der Waals surface area contributed by atoms with Gasteiger partial charge in [0.25, 0.3) is 0 Å². The number of rotatable bonds is 7. The highest BCUT2D eigenvalue weighted by Gasteiger charge is 2.45. The minimum Gasteiger partial charge on any atom is -0.445 e. The van der Waals surface area contributed by atoms with E-state index >= 15 is 0 Å². The lowest BCUT2D eigenvalue weighted by molar-refractivity contribution is -0.152. The molecular formula is C26H28N4O4. The molecular weight excluding hydrogens is 432 g/mol. The van der Waals surface area contributed by atoms with Crippen molar-refractivity contribution < 1.29 is 19.1 Å². The molecule has 4 rings (SSSR count). The summed E-state index contributed by atoms with van der Waals surface area (Å²) in [6, 6.07) is 16.5. The Morgan fingerprint density at radius 2 is 1.74 bits per heavy atom. The zero-order valence-corrected chi connectivity index (χ0v) is 18.9. The van der Waals surface area contributed by atoms with Crippen LogP contribution in [0, 0.1) is 11.3 Å². The molecule has 8 nitrogen and oxygen atoms in total. The van der Waals surface area contributed by atoms with Gasteiger partial charge in [-0.1, -0.05) is 61.7 Å². The maximum absolute atomic E-state index is 13.3. The summed E-state index contributed by atoms with van der Waals surface area (Å²) in [5.41, 5.74) is 1.95. The molecule has 1 aliphatic heterocycles. The van der Waals surface area contributed by atoms with Crippen LogP contribution in [0.25, 0.3) is 0 Å². The molecule has 0 radical (unpaired) electrons. The van der Waals surface area contributed by atoms with E-state index in [1.54, 1.807) is 24.3 Å². The van der Waals surface area contributed by atoms with Crippen molar-refractivity contribution in [2.75, 3.05) is 6.54 Å². The van der Waals surface area contributed by atoms with Gasteiger partial charge in [0.05, 0.1) is 18.2 Å². The van der Waals surface area contributed by atoms with Crippen LogP contribution in [-0.4, -0.2) is 41.4 Å². The van der Waals surface area contributed by atoms with Crippen molar-refractivity contribution in [3.8, 4) is 6.07 Å². The highest BCUT2D eigenvalue weighted by molar-refractivity contribution is 5.96. The van der Waals surface area contributed by atoms with Crippen LogP contribution in [0.4, 0.5) is 4.79 Å². The van der Waals surface area contributed by atoms with Crippen LogP contribution in [0.1, 0.15) is 54.8 Å². The lowest BCUT2D eigenvalue weighted by Gasteiger charge is -2.43. The van der Waals surface area contributed by atoms with Crippen molar-refractivity contribution in [2.45, 2.75) is 56.8 Å². The van der Waals surface area contributed by atoms with E-state index in [0.717, 1.165) is 31.2 Å². The van der Waals surface area contributed by atoms with Gasteiger partial charge >= 0.3 is 6.09 Å². The van der Waals surface area contributed by atoms with E-state index < -0.39 is 18.2 Å². The van der Waals surface area contributed by atoms with Crippen molar-refractivity contribution in [1.82, 2.24) is 15.5 Å². The third kappa shape index (κ3) is 5.54. The molecule has 34 heavy (non-hydrogen) atoms. The summed E-state index contributed by atoms with van der Waals surface area (Å²) >= 11 is 0. The number of carbonyl (C=O) groups excluding carboxylic acids is 3. The number of hydrogen-bond acceptors (Lipinski definition) is 5. The molecule has 1 aliphatic carbocycles. The fourth-order valence-corrected chi connectivity index (χ4v) is 4.44. The van der Waals surface area contributed by atoms with Gasteiger partial charge in [0, 0.05) is 6.04 Å². The number of nitrogens with zero attached hydrogens (tertiary/aromatic N) is 2.